The number of imidazole rings is 1. The molecular formula is C21H25N3O2S. The maximum Gasteiger partial charge on any atom is 0.218 e. The summed E-state index contributed by atoms with van der Waals surface area (Å²) in [4.78, 5) is 4.64. The summed E-state index contributed by atoms with van der Waals surface area (Å²) in [6.45, 7) is 4.15. The normalized spacial score (nSPS) is 16.8. The molecule has 0 saturated carbocycles. The van der Waals surface area contributed by atoms with E-state index in [1.807, 2.05) is 55.5 Å². The van der Waals surface area contributed by atoms with Crippen molar-refractivity contribution in [2.75, 3.05) is 13.1 Å². The molecule has 1 saturated heterocycles. The minimum atomic E-state index is -3.25. The highest BCUT2D eigenvalue weighted by molar-refractivity contribution is 7.88. The van der Waals surface area contributed by atoms with Gasteiger partial charge in [0.15, 0.2) is 0 Å². The highest BCUT2D eigenvalue weighted by Crippen LogP contribution is 2.25. The number of fused-ring (bicyclic) bond motifs is 1. The molecule has 2 aromatic carbocycles. The van der Waals surface area contributed by atoms with Crippen molar-refractivity contribution in [3.8, 4) is 0 Å². The van der Waals surface area contributed by atoms with Crippen LogP contribution in [0.3, 0.4) is 0 Å². The van der Waals surface area contributed by atoms with E-state index >= 15 is 0 Å². The number of sulfonamides is 1. The van der Waals surface area contributed by atoms with Crippen molar-refractivity contribution in [2.24, 2.45) is 5.92 Å². The highest BCUT2D eigenvalue weighted by atomic mass is 32.2. The summed E-state index contributed by atoms with van der Waals surface area (Å²) in [7, 11) is -3.25. The molecule has 1 aliphatic heterocycles. The van der Waals surface area contributed by atoms with Gasteiger partial charge in [0.25, 0.3) is 0 Å². The summed E-state index contributed by atoms with van der Waals surface area (Å²) in [6, 6.07) is 17.6. The van der Waals surface area contributed by atoms with E-state index in [1.54, 1.807) is 4.31 Å². The molecule has 2 heterocycles. The van der Waals surface area contributed by atoms with Crippen molar-refractivity contribution in [3.63, 3.8) is 0 Å². The molecule has 0 spiro atoms. The van der Waals surface area contributed by atoms with Crippen LogP contribution < -0.4 is 0 Å². The smallest absolute Gasteiger partial charge is 0.218 e. The number of hydrogen-bond acceptors (Lipinski definition) is 3. The molecular weight excluding hydrogens is 358 g/mol. The highest BCUT2D eigenvalue weighted by Gasteiger charge is 2.28. The van der Waals surface area contributed by atoms with Gasteiger partial charge in [0.05, 0.1) is 16.8 Å². The molecule has 3 aromatic rings. The number of hydrogen-bond donors (Lipinski definition) is 0. The molecule has 1 aliphatic rings. The van der Waals surface area contributed by atoms with E-state index in [-0.39, 0.29) is 5.75 Å². The van der Waals surface area contributed by atoms with Crippen molar-refractivity contribution >= 4 is 21.1 Å². The molecule has 1 aromatic heterocycles. The van der Waals surface area contributed by atoms with Crippen LogP contribution in [0.15, 0.2) is 54.6 Å². The van der Waals surface area contributed by atoms with Crippen LogP contribution in [-0.2, 0) is 22.3 Å². The van der Waals surface area contributed by atoms with Crippen LogP contribution in [0.1, 0.15) is 24.2 Å². The average Bonchev–Trinajstić information content (AvgIpc) is 2.98. The molecule has 5 nitrogen and oxygen atoms in total. The largest absolute Gasteiger partial charge is 0.328 e. The van der Waals surface area contributed by atoms with Gasteiger partial charge in [-0.3, -0.25) is 0 Å². The van der Waals surface area contributed by atoms with Crippen LogP contribution in [0.4, 0.5) is 0 Å². The Bertz CT molecular complexity index is 1020. The van der Waals surface area contributed by atoms with Gasteiger partial charge in [0, 0.05) is 19.6 Å². The van der Waals surface area contributed by atoms with E-state index in [9.17, 15) is 8.42 Å². The molecule has 0 bridgehead atoms. The number of benzene rings is 2. The number of para-hydroxylation sites is 2. The van der Waals surface area contributed by atoms with Crippen LogP contribution in [0, 0.1) is 12.8 Å². The van der Waals surface area contributed by atoms with Gasteiger partial charge in [-0.2, -0.15) is 0 Å². The van der Waals surface area contributed by atoms with Gasteiger partial charge in [0.2, 0.25) is 10.0 Å². The first-order valence-corrected chi connectivity index (χ1v) is 11.1. The van der Waals surface area contributed by atoms with E-state index in [2.05, 4.69) is 15.6 Å². The van der Waals surface area contributed by atoms with Crippen molar-refractivity contribution < 1.29 is 8.42 Å². The summed E-state index contributed by atoms with van der Waals surface area (Å²) < 4.78 is 29.4. The van der Waals surface area contributed by atoms with Crippen LogP contribution in [0.25, 0.3) is 11.0 Å². The number of rotatable bonds is 5. The van der Waals surface area contributed by atoms with Crippen molar-refractivity contribution in [3.05, 3.63) is 66.0 Å². The third kappa shape index (κ3) is 3.92. The Morgan fingerprint density at radius 2 is 1.67 bits per heavy atom. The second-order valence-corrected chi connectivity index (χ2v) is 9.31. The summed E-state index contributed by atoms with van der Waals surface area (Å²) >= 11 is 0. The van der Waals surface area contributed by atoms with Gasteiger partial charge in [0.1, 0.15) is 5.82 Å². The Labute approximate surface area is 160 Å². The van der Waals surface area contributed by atoms with Gasteiger partial charge in [-0.25, -0.2) is 17.7 Å². The van der Waals surface area contributed by atoms with Crippen LogP contribution in [0.2, 0.25) is 0 Å². The fourth-order valence-corrected chi connectivity index (χ4v) is 5.49. The minimum Gasteiger partial charge on any atom is -0.328 e. The average molecular weight is 384 g/mol. The lowest BCUT2D eigenvalue weighted by molar-refractivity contribution is 0.253. The second-order valence-electron chi connectivity index (χ2n) is 7.34. The van der Waals surface area contributed by atoms with E-state index in [1.165, 1.54) is 0 Å². The zero-order valence-electron chi connectivity index (χ0n) is 15.6. The summed E-state index contributed by atoms with van der Waals surface area (Å²) in [5, 5.41) is 0. The van der Waals surface area contributed by atoms with Gasteiger partial charge in [-0.1, -0.05) is 42.5 Å². The molecule has 0 atom stereocenters. The molecule has 0 aliphatic carbocycles. The number of piperidine rings is 1. The molecule has 1 fully saturated rings. The summed E-state index contributed by atoms with van der Waals surface area (Å²) in [5.74, 6) is 1.59. The predicted molar refractivity (Wildman–Crippen MR) is 108 cm³/mol. The van der Waals surface area contributed by atoms with E-state index in [0.717, 1.165) is 41.8 Å². The van der Waals surface area contributed by atoms with E-state index < -0.39 is 10.0 Å². The van der Waals surface area contributed by atoms with Crippen molar-refractivity contribution in [2.45, 2.75) is 32.1 Å². The first-order chi connectivity index (χ1) is 13.0. The fourth-order valence-electron chi connectivity index (χ4n) is 3.93. The zero-order chi connectivity index (χ0) is 18.9. The number of nitrogens with zero attached hydrogens (tertiary/aromatic N) is 3. The van der Waals surface area contributed by atoms with E-state index in [0.29, 0.717) is 19.0 Å². The maximum absolute atomic E-state index is 12.7. The molecule has 0 amide bonds. The number of aromatic nitrogens is 2. The Hall–Kier alpha value is -2.18. The first kappa shape index (κ1) is 18.2. The van der Waals surface area contributed by atoms with Gasteiger partial charge in [-0.05, 0) is 43.4 Å². The third-order valence-corrected chi connectivity index (χ3v) is 7.30. The Balaban J connectivity index is 1.41. The monoisotopic (exact) mass is 383 g/mol. The molecule has 0 N–H and O–H groups in total. The van der Waals surface area contributed by atoms with Gasteiger partial charge < -0.3 is 4.57 Å². The minimum absolute atomic E-state index is 0.0871. The first-order valence-electron chi connectivity index (χ1n) is 9.46. The fraction of sp³-hybridized carbons (Fsp3) is 0.381. The van der Waals surface area contributed by atoms with Gasteiger partial charge >= 0.3 is 0 Å². The summed E-state index contributed by atoms with van der Waals surface area (Å²) in [5.41, 5.74) is 3.03. The molecule has 6 heteroatoms. The summed E-state index contributed by atoms with van der Waals surface area (Å²) in [6.07, 6.45) is 1.78. The molecule has 4 rings (SSSR count). The molecule has 27 heavy (non-hydrogen) atoms. The number of aryl methyl sites for hydroxylation is 1. The van der Waals surface area contributed by atoms with Crippen molar-refractivity contribution in [1.82, 2.24) is 13.9 Å². The van der Waals surface area contributed by atoms with Crippen LogP contribution in [0.5, 0.6) is 0 Å². The van der Waals surface area contributed by atoms with Gasteiger partial charge in [-0.15, -0.1) is 0 Å². The Kier molecular flexibility index (Phi) is 5.02. The predicted octanol–water partition coefficient (Wildman–Crippen LogP) is 3.59. The topological polar surface area (TPSA) is 55.2 Å². The molecule has 0 radical (unpaired) electrons. The SMILES string of the molecule is Cc1nc2ccccc2n1CC1CCN(S(=O)(=O)Cc2ccccc2)CC1. The molecule has 142 valence electrons. The van der Waals surface area contributed by atoms with Crippen LogP contribution in [-0.4, -0.2) is 35.4 Å². The van der Waals surface area contributed by atoms with Crippen LogP contribution >= 0.6 is 0 Å². The molecule has 0 unspecified atom stereocenters. The standard InChI is InChI=1S/C21H25N3O2S/c1-17-22-20-9-5-6-10-21(20)24(17)15-18-11-13-23(14-12-18)27(25,26)16-19-7-3-2-4-8-19/h2-10,18H,11-16H2,1H3. The maximum atomic E-state index is 12.7. The third-order valence-electron chi connectivity index (χ3n) is 5.44. The lowest BCUT2D eigenvalue weighted by Crippen LogP contribution is -2.39. The van der Waals surface area contributed by atoms with Crippen molar-refractivity contribution in [1.29, 1.82) is 0 Å². The van der Waals surface area contributed by atoms with E-state index in [4.69, 9.17) is 0 Å². The quantitative estimate of drug-likeness (QED) is 0.677. The Morgan fingerprint density at radius 3 is 2.41 bits per heavy atom. The zero-order valence-corrected chi connectivity index (χ0v) is 16.4. The lowest BCUT2D eigenvalue weighted by atomic mass is 9.98. The Morgan fingerprint density at radius 1 is 1.00 bits per heavy atom. The lowest BCUT2D eigenvalue weighted by Gasteiger charge is -2.31. The second kappa shape index (κ2) is 7.44.